The lowest BCUT2D eigenvalue weighted by atomic mass is 9.88. The van der Waals surface area contributed by atoms with Crippen molar-refractivity contribution >= 4 is 0 Å². The molecule has 0 radical (unpaired) electrons. The first-order valence-electron chi connectivity index (χ1n) is 9.14. The number of benzene rings is 2. The molecule has 2 aromatic rings. The van der Waals surface area contributed by atoms with Gasteiger partial charge < -0.3 is 14.6 Å². The van der Waals surface area contributed by atoms with Crippen LogP contribution >= 0.6 is 0 Å². The standard InChI is InChI=1S/C22H28O3/c1-14-17(4)25-22-19(11-8-12-23)15(2)21(16(3)20(14)22)24-13-18-9-6-5-7-10-18/h5-7,9-10,14,17,23H,8,11-13H2,1-4H3. The lowest BCUT2D eigenvalue weighted by Crippen LogP contribution is -2.11. The van der Waals surface area contributed by atoms with Crippen LogP contribution in [-0.2, 0) is 13.0 Å². The second-order valence-electron chi connectivity index (χ2n) is 7.01. The maximum absolute atomic E-state index is 9.27. The monoisotopic (exact) mass is 340 g/mol. The van der Waals surface area contributed by atoms with Crippen molar-refractivity contribution in [3.05, 3.63) is 58.1 Å². The largest absolute Gasteiger partial charge is 0.489 e. The van der Waals surface area contributed by atoms with Crippen molar-refractivity contribution in [1.82, 2.24) is 0 Å². The quantitative estimate of drug-likeness (QED) is 0.829. The molecule has 0 spiro atoms. The highest BCUT2D eigenvalue weighted by molar-refractivity contribution is 5.61. The molecule has 3 heteroatoms. The van der Waals surface area contributed by atoms with Crippen molar-refractivity contribution in [3.63, 3.8) is 0 Å². The molecule has 0 bridgehead atoms. The van der Waals surface area contributed by atoms with E-state index in [2.05, 4.69) is 39.8 Å². The topological polar surface area (TPSA) is 38.7 Å². The third-order valence-corrected chi connectivity index (χ3v) is 5.33. The summed E-state index contributed by atoms with van der Waals surface area (Å²) in [5, 5.41) is 9.27. The summed E-state index contributed by atoms with van der Waals surface area (Å²) in [7, 11) is 0. The second kappa shape index (κ2) is 7.49. The summed E-state index contributed by atoms with van der Waals surface area (Å²) in [5.41, 5.74) is 5.95. The molecule has 3 nitrogen and oxygen atoms in total. The van der Waals surface area contributed by atoms with E-state index in [4.69, 9.17) is 9.47 Å². The van der Waals surface area contributed by atoms with E-state index in [9.17, 15) is 5.11 Å². The summed E-state index contributed by atoms with van der Waals surface area (Å²) in [6.07, 6.45) is 1.72. The summed E-state index contributed by atoms with van der Waals surface area (Å²) in [4.78, 5) is 0. The second-order valence-corrected chi connectivity index (χ2v) is 7.01. The smallest absolute Gasteiger partial charge is 0.127 e. The number of aliphatic hydroxyl groups excluding tert-OH is 1. The molecule has 134 valence electrons. The first kappa shape index (κ1) is 17.8. The van der Waals surface area contributed by atoms with Crippen LogP contribution in [0.2, 0.25) is 0 Å². The summed E-state index contributed by atoms with van der Waals surface area (Å²) in [5.74, 6) is 2.35. The predicted octanol–water partition coefficient (Wildman–Crippen LogP) is 4.69. The zero-order valence-electron chi connectivity index (χ0n) is 15.6. The van der Waals surface area contributed by atoms with Gasteiger partial charge in [0.15, 0.2) is 0 Å². The molecular formula is C22H28O3. The zero-order chi connectivity index (χ0) is 18.0. The molecule has 1 aliphatic heterocycles. The number of hydrogen-bond acceptors (Lipinski definition) is 3. The van der Waals surface area contributed by atoms with Gasteiger partial charge in [0, 0.05) is 23.7 Å². The average Bonchev–Trinajstić information content (AvgIpc) is 2.91. The average molecular weight is 340 g/mol. The van der Waals surface area contributed by atoms with E-state index in [1.807, 2.05) is 18.2 Å². The van der Waals surface area contributed by atoms with Crippen molar-refractivity contribution in [1.29, 1.82) is 0 Å². The minimum absolute atomic E-state index is 0.172. The van der Waals surface area contributed by atoms with E-state index in [0.29, 0.717) is 12.5 Å². The first-order valence-corrected chi connectivity index (χ1v) is 9.14. The van der Waals surface area contributed by atoms with Crippen LogP contribution in [0.3, 0.4) is 0 Å². The fraction of sp³-hybridized carbons (Fsp3) is 0.455. The minimum atomic E-state index is 0.172. The van der Waals surface area contributed by atoms with Gasteiger partial charge in [-0.05, 0) is 50.3 Å². The minimum Gasteiger partial charge on any atom is -0.489 e. The third kappa shape index (κ3) is 3.38. The molecule has 2 unspecified atom stereocenters. The molecule has 2 aromatic carbocycles. The first-order chi connectivity index (χ1) is 12.0. The van der Waals surface area contributed by atoms with Crippen LogP contribution in [0.4, 0.5) is 0 Å². The molecule has 25 heavy (non-hydrogen) atoms. The van der Waals surface area contributed by atoms with Gasteiger partial charge >= 0.3 is 0 Å². The number of hydrogen-bond donors (Lipinski definition) is 1. The van der Waals surface area contributed by atoms with Crippen LogP contribution in [-0.4, -0.2) is 17.8 Å². The van der Waals surface area contributed by atoms with Gasteiger partial charge in [-0.25, -0.2) is 0 Å². The van der Waals surface area contributed by atoms with E-state index in [1.54, 1.807) is 0 Å². The molecule has 0 amide bonds. The molecule has 0 saturated heterocycles. The fourth-order valence-corrected chi connectivity index (χ4v) is 3.75. The highest BCUT2D eigenvalue weighted by Crippen LogP contribution is 2.48. The van der Waals surface area contributed by atoms with Crippen LogP contribution in [0.5, 0.6) is 11.5 Å². The molecule has 0 aliphatic carbocycles. The van der Waals surface area contributed by atoms with Crippen LogP contribution in [0.1, 0.15) is 54.0 Å². The zero-order valence-corrected chi connectivity index (χ0v) is 15.6. The van der Waals surface area contributed by atoms with Gasteiger partial charge in [0.2, 0.25) is 0 Å². The van der Waals surface area contributed by atoms with Crippen molar-refractivity contribution in [2.45, 2.75) is 59.2 Å². The van der Waals surface area contributed by atoms with Gasteiger partial charge in [-0.15, -0.1) is 0 Å². The number of ether oxygens (including phenoxy) is 2. The Labute approximate surface area is 150 Å². The van der Waals surface area contributed by atoms with E-state index >= 15 is 0 Å². The van der Waals surface area contributed by atoms with Gasteiger partial charge in [-0.1, -0.05) is 37.3 Å². The third-order valence-electron chi connectivity index (χ3n) is 5.33. The summed E-state index contributed by atoms with van der Waals surface area (Å²) < 4.78 is 12.5. The van der Waals surface area contributed by atoms with Crippen LogP contribution in [0, 0.1) is 13.8 Å². The molecule has 0 aromatic heterocycles. The fourth-order valence-electron chi connectivity index (χ4n) is 3.75. The van der Waals surface area contributed by atoms with Crippen LogP contribution < -0.4 is 9.47 Å². The predicted molar refractivity (Wildman–Crippen MR) is 101 cm³/mol. The molecule has 0 fully saturated rings. The molecule has 3 rings (SSSR count). The van der Waals surface area contributed by atoms with Crippen LogP contribution in [0.25, 0.3) is 0 Å². The number of rotatable bonds is 6. The van der Waals surface area contributed by atoms with Gasteiger partial charge in [-0.2, -0.15) is 0 Å². The molecule has 2 atom stereocenters. The Balaban J connectivity index is 2.00. The van der Waals surface area contributed by atoms with Crippen molar-refractivity contribution in [2.24, 2.45) is 0 Å². The highest BCUT2D eigenvalue weighted by atomic mass is 16.5. The Bertz CT molecular complexity index is 737. The molecule has 1 heterocycles. The maximum atomic E-state index is 9.27. The Morgan fingerprint density at radius 2 is 1.80 bits per heavy atom. The van der Waals surface area contributed by atoms with Crippen molar-refractivity contribution in [2.75, 3.05) is 6.61 Å². The van der Waals surface area contributed by atoms with E-state index < -0.39 is 0 Å². The summed E-state index contributed by atoms with van der Waals surface area (Å²) in [6, 6.07) is 10.2. The molecule has 0 saturated carbocycles. The highest BCUT2D eigenvalue weighted by Gasteiger charge is 2.34. The summed E-state index contributed by atoms with van der Waals surface area (Å²) in [6.45, 7) is 9.34. The molecular weight excluding hydrogens is 312 g/mol. The Morgan fingerprint density at radius 1 is 1.08 bits per heavy atom. The molecule has 1 aliphatic rings. The maximum Gasteiger partial charge on any atom is 0.127 e. The van der Waals surface area contributed by atoms with E-state index in [1.165, 1.54) is 16.7 Å². The van der Waals surface area contributed by atoms with E-state index in [-0.39, 0.29) is 12.7 Å². The Morgan fingerprint density at radius 3 is 2.48 bits per heavy atom. The van der Waals surface area contributed by atoms with Crippen LogP contribution in [0.15, 0.2) is 30.3 Å². The Kier molecular flexibility index (Phi) is 5.33. The van der Waals surface area contributed by atoms with E-state index in [0.717, 1.165) is 35.5 Å². The van der Waals surface area contributed by atoms with Gasteiger partial charge in [0.25, 0.3) is 0 Å². The Hall–Kier alpha value is -2.00. The molecule has 1 N–H and O–H groups in total. The number of aliphatic hydroxyl groups is 1. The lowest BCUT2D eigenvalue weighted by molar-refractivity contribution is 0.229. The van der Waals surface area contributed by atoms with Crippen molar-refractivity contribution in [3.8, 4) is 11.5 Å². The SMILES string of the molecule is Cc1c(CCCO)c2c(c(C)c1OCc1ccccc1)C(C)C(C)O2. The normalized spacial score (nSPS) is 18.8. The van der Waals surface area contributed by atoms with Gasteiger partial charge in [0.1, 0.15) is 24.2 Å². The van der Waals surface area contributed by atoms with Gasteiger partial charge in [0.05, 0.1) is 0 Å². The van der Waals surface area contributed by atoms with Gasteiger partial charge in [-0.3, -0.25) is 0 Å². The lowest BCUT2D eigenvalue weighted by Gasteiger charge is -2.20. The van der Waals surface area contributed by atoms with Crippen molar-refractivity contribution < 1.29 is 14.6 Å². The summed E-state index contributed by atoms with van der Waals surface area (Å²) >= 11 is 0. The number of fused-ring (bicyclic) bond motifs is 1.